The maximum atomic E-state index is 11.8. The van der Waals surface area contributed by atoms with Gasteiger partial charge < -0.3 is 11.1 Å². The molecule has 0 unspecified atom stereocenters. The zero-order chi connectivity index (χ0) is 13.2. The first-order valence-corrected chi connectivity index (χ1v) is 4.97. The number of nitrogens with one attached hydrogen (secondary N) is 2. The molecule has 1 heterocycles. The quantitative estimate of drug-likeness (QED) is 0.536. The summed E-state index contributed by atoms with van der Waals surface area (Å²) < 4.78 is 0. The van der Waals surface area contributed by atoms with Gasteiger partial charge in [-0.25, -0.2) is 9.59 Å². The highest BCUT2D eigenvalue weighted by molar-refractivity contribution is 6.18. The summed E-state index contributed by atoms with van der Waals surface area (Å²) in [6.07, 6.45) is 0. The third kappa shape index (κ3) is 2.52. The van der Waals surface area contributed by atoms with Gasteiger partial charge >= 0.3 is 12.1 Å². The number of nitrogens with two attached hydrogens (primary N) is 1. The van der Waals surface area contributed by atoms with Gasteiger partial charge in [-0.2, -0.15) is 0 Å². The highest BCUT2D eigenvalue weighted by Crippen LogP contribution is 2.22. The minimum Gasteiger partial charge on any atom is -0.352 e. The van der Waals surface area contributed by atoms with Crippen molar-refractivity contribution in [3.8, 4) is 0 Å². The molecule has 6 amide bonds. The second-order valence-corrected chi connectivity index (χ2v) is 4.13. The SMILES string of the molecule is CC1(C)C(=O)NC(=O)N(CCNC(N)=O)C1=O. The molecule has 1 rings (SSSR count). The van der Waals surface area contributed by atoms with Crippen LogP contribution in [-0.4, -0.2) is 41.9 Å². The van der Waals surface area contributed by atoms with Gasteiger partial charge in [-0.1, -0.05) is 0 Å². The van der Waals surface area contributed by atoms with E-state index < -0.39 is 29.3 Å². The van der Waals surface area contributed by atoms with Crippen LogP contribution < -0.4 is 16.4 Å². The van der Waals surface area contributed by atoms with Crippen LogP contribution in [0.5, 0.6) is 0 Å². The molecule has 94 valence electrons. The minimum atomic E-state index is -1.29. The van der Waals surface area contributed by atoms with E-state index in [1.54, 1.807) is 0 Å². The fourth-order valence-corrected chi connectivity index (χ4v) is 1.34. The summed E-state index contributed by atoms with van der Waals surface area (Å²) in [5.41, 5.74) is 3.55. The van der Waals surface area contributed by atoms with Gasteiger partial charge in [-0.3, -0.25) is 19.8 Å². The van der Waals surface area contributed by atoms with Crippen LogP contribution in [0.1, 0.15) is 13.8 Å². The Morgan fingerprint density at radius 1 is 1.41 bits per heavy atom. The molecule has 1 aliphatic rings. The molecule has 0 aromatic carbocycles. The van der Waals surface area contributed by atoms with Crippen LogP contribution in [0.4, 0.5) is 9.59 Å². The van der Waals surface area contributed by atoms with Crippen molar-refractivity contribution in [2.45, 2.75) is 13.8 Å². The molecule has 1 fully saturated rings. The Bertz CT molecular complexity index is 390. The van der Waals surface area contributed by atoms with Gasteiger partial charge in [0.05, 0.1) is 0 Å². The highest BCUT2D eigenvalue weighted by Gasteiger charge is 2.46. The van der Waals surface area contributed by atoms with E-state index in [2.05, 4.69) is 10.6 Å². The van der Waals surface area contributed by atoms with Gasteiger partial charge in [0.25, 0.3) is 0 Å². The van der Waals surface area contributed by atoms with Crippen molar-refractivity contribution in [2.24, 2.45) is 11.1 Å². The Kier molecular flexibility index (Phi) is 3.35. The van der Waals surface area contributed by atoms with E-state index in [1.165, 1.54) is 13.8 Å². The van der Waals surface area contributed by atoms with Gasteiger partial charge in [0, 0.05) is 13.1 Å². The summed E-state index contributed by atoms with van der Waals surface area (Å²) in [4.78, 5) is 46.0. The Morgan fingerprint density at radius 3 is 2.53 bits per heavy atom. The van der Waals surface area contributed by atoms with Crippen LogP contribution >= 0.6 is 0 Å². The van der Waals surface area contributed by atoms with Crippen LogP contribution in [-0.2, 0) is 9.59 Å². The molecular weight excluding hydrogens is 228 g/mol. The van der Waals surface area contributed by atoms with Gasteiger partial charge in [-0.15, -0.1) is 0 Å². The summed E-state index contributed by atoms with van der Waals surface area (Å²) >= 11 is 0. The highest BCUT2D eigenvalue weighted by atomic mass is 16.2. The second kappa shape index (κ2) is 4.40. The predicted octanol–water partition coefficient (Wildman–Crippen LogP) is -1.24. The summed E-state index contributed by atoms with van der Waals surface area (Å²) in [7, 11) is 0. The molecule has 8 heteroatoms. The molecule has 4 N–H and O–H groups in total. The lowest BCUT2D eigenvalue weighted by Crippen LogP contribution is -2.62. The molecule has 0 bridgehead atoms. The van der Waals surface area contributed by atoms with Gasteiger partial charge in [0.2, 0.25) is 11.8 Å². The second-order valence-electron chi connectivity index (χ2n) is 4.13. The van der Waals surface area contributed by atoms with Gasteiger partial charge in [-0.05, 0) is 13.8 Å². The van der Waals surface area contributed by atoms with Crippen LogP contribution in [0, 0.1) is 5.41 Å². The van der Waals surface area contributed by atoms with Crippen molar-refractivity contribution in [1.82, 2.24) is 15.5 Å². The number of rotatable bonds is 3. The van der Waals surface area contributed by atoms with Gasteiger partial charge in [0.1, 0.15) is 5.41 Å². The largest absolute Gasteiger partial charge is 0.352 e. The molecule has 8 nitrogen and oxygen atoms in total. The maximum Gasteiger partial charge on any atom is 0.330 e. The standard InChI is InChI=1S/C9H14N4O4/c1-9(2)5(14)12-8(17)13(6(9)15)4-3-11-7(10)16/h3-4H2,1-2H3,(H3,10,11,16)(H,12,14,17). The topological polar surface area (TPSA) is 122 Å². The Morgan fingerprint density at radius 2 is 2.00 bits per heavy atom. The molecule has 1 aliphatic heterocycles. The van der Waals surface area contributed by atoms with Crippen molar-refractivity contribution < 1.29 is 19.2 Å². The number of hydrogen-bond acceptors (Lipinski definition) is 4. The molecule has 17 heavy (non-hydrogen) atoms. The molecule has 0 atom stereocenters. The molecule has 1 saturated heterocycles. The number of barbiturate groups is 1. The van der Waals surface area contributed by atoms with Crippen LogP contribution in [0.15, 0.2) is 0 Å². The lowest BCUT2D eigenvalue weighted by Gasteiger charge is -2.34. The van der Waals surface area contributed by atoms with Crippen LogP contribution in [0.2, 0.25) is 0 Å². The zero-order valence-corrected chi connectivity index (χ0v) is 9.57. The first-order chi connectivity index (χ1) is 7.76. The van der Waals surface area contributed by atoms with Crippen molar-refractivity contribution >= 4 is 23.9 Å². The van der Waals surface area contributed by atoms with Crippen LogP contribution in [0.25, 0.3) is 0 Å². The van der Waals surface area contributed by atoms with Crippen LogP contribution in [0.3, 0.4) is 0 Å². The fraction of sp³-hybridized carbons (Fsp3) is 0.556. The molecule has 0 spiro atoms. The molecule has 0 radical (unpaired) electrons. The van der Waals surface area contributed by atoms with E-state index >= 15 is 0 Å². The number of imide groups is 2. The Hall–Kier alpha value is -2.12. The van der Waals surface area contributed by atoms with Gasteiger partial charge in [0.15, 0.2) is 0 Å². The van der Waals surface area contributed by atoms with Crippen molar-refractivity contribution in [3.05, 3.63) is 0 Å². The average molecular weight is 242 g/mol. The lowest BCUT2D eigenvalue weighted by molar-refractivity contribution is -0.148. The maximum absolute atomic E-state index is 11.8. The summed E-state index contributed by atoms with van der Waals surface area (Å²) in [6.45, 7) is 2.85. The number of urea groups is 2. The molecule has 0 saturated carbocycles. The third-order valence-electron chi connectivity index (χ3n) is 2.45. The summed E-state index contributed by atoms with van der Waals surface area (Å²) in [5, 5.41) is 4.32. The van der Waals surface area contributed by atoms with E-state index in [9.17, 15) is 19.2 Å². The molecule has 0 aliphatic carbocycles. The fourth-order valence-electron chi connectivity index (χ4n) is 1.34. The molecular formula is C9H14N4O4. The smallest absolute Gasteiger partial charge is 0.330 e. The number of amides is 6. The summed E-state index contributed by atoms with van der Waals surface area (Å²) in [6, 6.07) is -1.53. The number of carbonyl (C=O) groups excluding carboxylic acids is 4. The predicted molar refractivity (Wildman–Crippen MR) is 56.6 cm³/mol. The Balaban J connectivity index is 2.71. The van der Waals surface area contributed by atoms with E-state index in [0.717, 1.165) is 4.90 Å². The monoisotopic (exact) mass is 242 g/mol. The number of hydrogen-bond donors (Lipinski definition) is 3. The first-order valence-electron chi connectivity index (χ1n) is 4.97. The minimum absolute atomic E-state index is 0.0374. The number of nitrogens with zero attached hydrogens (tertiary/aromatic N) is 1. The van der Waals surface area contributed by atoms with E-state index in [1.807, 2.05) is 0 Å². The van der Waals surface area contributed by atoms with E-state index in [4.69, 9.17) is 5.73 Å². The van der Waals surface area contributed by atoms with E-state index in [0.29, 0.717) is 0 Å². The first kappa shape index (κ1) is 12.9. The zero-order valence-electron chi connectivity index (χ0n) is 9.57. The summed E-state index contributed by atoms with van der Waals surface area (Å²) in [5.74, 6) is -1.23. The average Bonchev–Trinajstić information content (AvgIpc) is 2.20. The van der Waals surface area contributed by atoms with Crippen molar-refractivity contribution in [2.75, 3.05) is 13.1 Å². The normalized spacial score (nSPS) is 18.9. The molecule has 0 aromatic heterocycles. The van der Waals surface area contributed by atoms with E-state index in [-0.39, 0.29) is 13.1 Å². The lowest BCUT2D eigenvalue weighted by atomic mass is 9.89. The van der Waals surface area contributed by atoms with Crippen molar-refractivity contribution in [1.29, 1.82) is 0 Å². The Labute approximate surface area is 97.5 Å². The number of carbonyl (C=O) groups is 4. The number of primary amides is 1. The van der Waals surface area contributed by atoms with Crippen molar-refractivity contribution in [3.63, 3.8) is 0 Å². The molecule has 0 aromatic rings. The third-order valence-corrected chi connectivity index (χ3v) is 2.45.